The van der Waals surface area contributed by atoms with Crippen molar-refractivity contribution in [1.82, 2.24) is 4.72 Å². The van der Waals surface area contributed by atoms with E-state index >= 15 is 0 Å². The van der Waals surface area contributed by atoms with Crippen molar-refractivity contribution >= 4 is 31.6 Å². The summed E-state index contributed by atoms with van der Waals surface area (Å²) in [5.41, 5.74) is 8.97. The van der Waals surface area contributed by atoms with Crippen LogP contribution in [0.15, 0.2) is 45.8 Å². The van der Waals surface area contributed by atoms with Gasteiger partial charge in [0, 0.05) is 16.7 Å². The van der Waals surface area contributed by atoms with Gasteiger partial charge in [-0.1, -0.05) is 34.1 Å². The quantitative estimate of drug-likeness (QED) is 0.814. The van der Waals surface area contributed by atoms with Crippen molar-refractivity contribution in [2.75, 3.05) is 5.73 Å². The van der Waals surface area contributed by atoms with Crippen molar-refractivity contribution in [3.05, 3.63) is 57.6 Å². The molecule has 0 atom stereocenters. The predicted octanol–water partition coefficient (Wildman–Crippen LogP) is 3.13. The van der Waals surface area contributed by atoms with Crippen LogP contribution in [-0.2, 0) is 16.6 Å². The number of anilines is 1. The largest absolute Gasteiger partial charge is 0.398 e. The Bertz CT molecular complexity index is 750. The molecule has 0 bridgehead atoms. The maximum absolute atomic E-state index is 12.4. The highest BCUT2D eigenvalue weighted by molar-refractivity contribution is 9.10. The van der Waals surface area contributed by atoms with Gasteiger partial charge in [0.2, 0.25) is 10.0 Å². The minimum Gasteiger partial charge on any atom is -0.398 e. The molecular weight excluding hydrogens is 352 g/mol. The van der Waals surface area contributed by atoms with E-state index in [1.807, 2.05) is 38.1 Å². The molecule has 0 aliphatic carbocycles. The number of aryl methyl sites for hydroxylation is 1. The van der Waals surface area contributed by atoms with E-state index in [1.165, 1.54) is 6.07 Å². The zero-order valence-electron chi connectivity index (χ0n) is 11.9. The summed E-state index contributed by atoms with van der Waals surface area (Å²) in [6.45, 7) is 3.94. The molecule has 2 aromatic rings. The minimum absolute atomic E-state index is 0.190. The summed E-state index contributed by atoms with van der Waals surface area (Å²) >= 11 is 3.40. The van der Waals surface area contributed by atoms with E-state index < -0.39 is 10.0 Å². The van der Waals surface area contributed by atoms with Crippen LogP contribution in [0.1, 0.15) is 16.7 Å². The summed E-state index contributed by atoms with van der Waals surface area (Å²) < 4.78 is 28.2. The molecule has 112 valence electrons. The number of sulfonamides is 1. The first-order chi connectivity index (χ1) is 9.81. The lowest BCUT2D eigenvalue weighted by molar-refractivity contribution is 0.581. The first-order valence-corrected chi connectivity index (χ1v) is 8.68. The summed E-state index contributed by atoms with van der Waals surface area (Å²) in [5.74, 6) is 0. The molecule has 0 unspecified atom stereocenters. The van der Waals surface area contributed by atoms with Crippen LogP contribution in [0.3, 0.4) is 0 Å². The number of nitrogen functional groups attached to an aromatic ring is 1. The fraction of sp³-hybridized carbons (Fsp3) is 0.200. The Labute approximate surface area is 133 Å². The molecule has 4 nitrogen and oxygen atoms in total. The highest BCUT2D eigenvalue weighted by atomic mass is 79.9. The normalized spacial score (nSPS) is 11.6. The van der Waals surface area contributed by atoms with Gasteiger partial charge in [0.15, 0.2) is 0 Å². The van der Waals surface area contributed by atoms with E-state index in [-0.39, 0.29) is 11.4 Å². The van der Waals surface area contributed by atoms with Crippen molar-refractivity contribution in [3.63, 3.8) is 0 Å². The molecule has 0 spiro atoms. The molecule has 0 heterocycles. The number of nitrogens with two attached hydrogens (primary N) is 1. The highest BCUT2D eigenvalue weighted by Gasteiger charge is 2.16. The van der Waals surface area contributed by atoms with Crippen LogP contribution in [0, 0.1) is 13.8 Å². The van der Waals surface area contributed by atoms with Crippen LogP contribution in [0.2, 0.25) is 0 Å². The Kier molecular flexibility index (Phi) is 4.70. The predicted molar refractivity (Wildman–Crippen MR) is 88.5 cm³/mol. The van der Waals surface area contributed by atoms with Crippen LogP contribution < -0.4 is 10.5 Å². The molecule has 2 rings (SSSR count). The number of halogens is 1. The van der Waals surface area contributed by atoms with Gasteiger partial charge in [0.1, 0.15) is 0 Å². The Morgan fingerprint density at radius 3 is 2.48 bits per heavy atom. The summed E-state index contributed by atoms with van der Waals surface area (Å²) in [6, 6.07) is 10.6. The molecule has 21 heavy (non-hydrogen) atoms. The van der Waals surface area contributed by atoms with Gasteiger partial charge in [0.05, 0.1) is 4.90 Å². The highest BCUT2D eigenvalue weighted by Crippen LogP contribution is 2.22. The molecule has 0 amide bonds. The van der Waals surface area contributed by atoms with E-state index in [9.17, 15) is 8.42 Å². The molecule has 0 aliphatic rings. The Morgan fingerprint density at radius 1 is 1.19 bits per heavy atom. The summed E-state index contributed by atoms with van der Waals surface area (Å²) in [4.78, 5) is 0.190. The van der Waals surface area contributed by atoms with Crippen LogP contribution in [-0.4, -0.2) is 8.42 Å². The standard InChI is InChI=1S/C15H17BrN2O2S/c1-10-7-13(8-15(17)11(10)2)21(19,20)18-9-12-5-3-4-6-14(12)16/h3-8,18H,9,17H2,1-2H3. The molecule has 6 heteroatoms. The molecule has 0 fully saturated rings. The first kappa shape index (κ1) is 16.0. The molecule has 0 saturated carbocycles. The van der Waals surface area contributed by atoms with Crippen molar-refractivity contribution in [3.8, 4) is 0 Å². The van der Waals surface area contributed by atoms with E-state index in [0.29, 0.717) is 5.69 Å². The average Bonchev–Trinajstić information content (AvgIpc) is 2.43. The molecule has 0 aliphatic heterocycles. The van der Waals surface area contributed by atoms with Crippen molar-refractivity contribution in [2.45, 2.75) is 25.3 Å². The third-order valence-electron chi connectivity index (χ3n) is 3.40. The second kappa shape index (κ2) is 6.17. The summed E-state index contributed by atoms with van der Waals surface area (Å²) in [6.07, 6.45) is 0. The maximum Gasteiger partial charge on any atom is 0.240 e. The maximum atomic E-state index is 12.4. The Morgan fingerprint density at radius 2 is 1.86 bits per heavy atom. The second-order valence-corrected chi connectivity index (χ2v) is 7.49. The molecule has 0 aromatic heterocycles. The monoisotopic (exact) mass is 368 g/mol. The Hall–Kier alpha value is -1.37. The van der Waals surface area contributed by atoms with E-state index in [2.05, 4.69) is 20.7 Å². The number of nitrogens with one attached hydrogen (secondary N) is 1. The third kappa shape index (κ3) is 3.64. The van der Waals surface area contributed by atoms with Crippen LogP contribution >= 0.6 is 15.9 Å². The number of hydrogen-bond donors (Lipinski definition) is 2. The van der Waals surface area contributed by atoms with E-state index in [1.54, 1.807) is 6.07 Å². The van der Waals surface area contributed by atoms with Crippen LogP contribution in [0.5, 0.6) is 0 Å². The SMILES string of the molecule is Cc1cc(S(=O)(=O)NCc2ccccc2Br)cc(N)c1C. The minimum atomic E-state index is -3.59. The number of rotatable bonds is 4. The number of benzene rings is 2. The lowest BCUT2D eigenvalue weighted by Gasteiger charge is -2.11. The molecule has 0 radical (unpaired) electrons. The van der Waals surface area contributed by atoms with Gasteiger partial charge in [-0.3, -0.25) is 0 Å². The second-order valence-electron chi connectivity index (χ2n) is 4.87. The molecule has 3 N–H and O–H groups in total. The van der Waals surface area contributed by atoms with Gasteiger partial charge < -0.3 is 5.73 Å². The van der Waals surface area contributed by atoms with Crippen LogP contribution in [0.25, 0.3) is 0 Å². The van der Waals surface area contributed by atoms with E-state index in [0.717, 1.165) is 21.2 Å². The lowest BCUT2D eigenvalue weighted by Crippen LogP contribution is -2.23. The van der Waals surface area contributed by atoms with Gasteiger partial charge in [-0.2, -0.15) is 0 Å². The number of hydrogen-bond acceptors (Lipinski definition) is 3. The Balaban J connectivity index is 2.25. The topological polar surface area (TPSA) is 72.2 Å². The lowest BCUT2D eigenvalue weighted by atomic mass is 10.1. The smallest absolute Gasteiger partial charge is 0.240 e. The van der Waals surface area contributed by atoms with Gasteiger partial charge >= 0.3 is 0 Å². The fourth-order valence-electron chi connectivity index (χ4n) is 1.91. The van der Waals surface area contributed by atoms with Gasteiger partial charge in [-0.05, 0) is 48.7 Å². The van der Waals surface area contributed by atoms with Gasteiger partial charge in [-0.15, -0.1) is 0 Å². The van der Waals surface area contributed by atoms with Gasteiger partial charge in [0.25, 0.3) is 0 Å². The van der Waals surface area contributed by atoms with Crippen molar-refractivity contribution in [2.24, 2.45) is 0 Å². The van der Waals surface area contributed by atoms with Crippen LogP contribution in [0.4, 0.5) is 5.69 Å². The molecule has 2 aromatic carbocycles. The first-order valence-electron chi connectivity index (χ1n) is 6.41. The fourth-order valence-corrected chi connectivity index (χ4v) is 3.46. The molecule has 0 saturated heterocycles. The molecular formula is C15H17BrN2O2S. The summed E-state index contributed by atoms with van der Waals surface area (Å²) in [5, 5.41) is 0. The van der Waals surface area contributed by atoms with Gasteiger partial charge in [-0.25, -0.2) is 13.1 Å². The zero-order chi connectivity index (χ0) is 15.6. The van der Waals surface area contributed by atoms with Crippen molar-refractivity contribution < 1.29 is 8.42 Å². The van der Waals surface area contributed by atoms with E-state index in [4.69, 9.17) is 5.73 Å². The zero-order valence-corrected chi connectivity index (χ0v) is 14.3. The average molecular weight is 369 g/mol. The van der Waals surface area contributed by atoms with Crippen molar-refractivity contribution in [1.29, 1.82) is 0 Å². The summed E-state index contributed by atoms with van der Waals surface area (Å²) in [7, 11) is -3.59. The third-order valence-corrected chi connectivity index (χ3v) is 5.56.